The highest BCUT2D eigenvalue weighted by Crippen LogP contribution is 2.40. The minimum Gasteiger partial charge on any atom is -0.495 e. The monoisotopic (exact) mass is 759 g/mol. The van der Waals surface area contributed by atoms with Crippen LogP contribution in [-0.4, -0.2) is 38.7 Å². The maximum absolute atomic E-state index is 12.8. The Labute approximate surface area is 336 Å². The first kappa shape index (κ1) is 36.2. The second-order valence-corrected chi connectivity index (χ2v) is 15.1. The van der Waals surface area contributed by atoms with Gasteiger partial charge < -0.3 is 19.4 Å². The zero-order chi connectivity index (χ0) is 39.8. The zero-order valence-electron chi connectivity index (χ0n) is 32.6. The third-order valence-electron chi connectivity index (χ3n) is 10.1. The van der Waals surface area contributed by atoms with Crippen molar-refractivity contribution in [3.05, 3.63) is 156 Å². The summed E-state index contributed by atoms with van der Waals surface area (Å²) in [7, 11) is 1.59. The number of anilines is 1. The number of carbonyl (C=O) groups is 1. The maximum atomic E-state index is 12.8. The lowest BCUT2D eigenvalue weighted by molar-refractivity contribution is 0.0635. The van der Waals surface area contributed by atoms with E-state index in [-0.39, 0.29) is 0 Å². The van der Waals surface area contributed by atoms with Gasteiger partial charge in [-0.3, -0.25) is 5.32 Å². The Balaban J connectivity index is 1.38. The van der Waals surface area contributed by atoms with Gasteiger partial charge in [0.1, 0.15) is 11.4 Å². The summed E-state index contributed by atoms with van der Waals surface area (Å²) in [6, 6.07) is 45.2. The number of benzene rings is 4. The fourth-order valence-electron chi connectivity index (χ4n) is 7.60. The topological polar surface area (TPSA) is 105 Å². The molecular formula is C50H41N5O3. The largest absolute Gasteiger partial charge is 0.495 e. The van der Waals surface area contributed by atoms with E-state index in [1.54, 1.807) is 7.11 Å². The fourth-order valence-corrected chi connectivity index (χ4v) is 7.60. The summed E-state index contributed by atoms with van der Waals surface area (Å²) in [4.78, 5) is 31.1. The van der Waals surface area contributed by atoms with Crippen molar-refractivity contribution in [2.24, 2.45) is 0 Å². The number of aromatic amines is 2. The van der Waals surface area contributed by atoms with Gasteiger partial charge in [0.05, 0.1) is 35.6 Å². The first-order valence-electron chi connectivity index (χ1n) is 19.2. The van der Waals surface area contributed by atoms with Crippen LogP contribution < -0.4 is 10.1 Å². The fraction of sp³-hybridized carbons (Fsp3) is 0.100. The van der Waals surface area contributed by atoms with Crippen LogP contribution >= 0.6 is 0 Å². The van der Waals surface area contributed by atoms with Gasteiger partial charge in [-0.05, 0) is 104 Å². The number of methoxy groups -OCH3 is 1. The van der Waals surface area contributed by atoms with Crippen molar-refractivity contribution in [1.82, 2.24) is 19.9 Å². The average Bonchev–Trinajstić information content (AvgIpc) is 4.07. The molecule has 284 valence electrons. The SMILES string of the molecule is COc1cc(-c2c3nc(c(-c4ccccc4)c4ccc([nH]4)c(-c4ccccc4)c4nc(c(-c5ccccc5)c5ccc2[nH]5)C=C4)C=C3)ccc1NC(=O)OC(C)(C)C. The van der Waals surface area contributed by atoms with Crippen molar-refractivity contribution in [2.75, 3.05) is 12.4 Å². The molecule has 3 aromatic heterocycles. The molecule has 8 bridgehead atoms. The Kier molecular flexibility index (Phi) is 9.30. The van der Waals surface area contributed by atoms with E-state index >= 15 is 0 Å². The Bertz CT molecular complexity index is 2880. The van der Waals surface area contributed by atoms with Gasteiger partial charge in [0.2, 0.25) is 0 Å². The maximum Gasteiger partial charge on any atom is 0.412 e. The van der Waals surface area contributed by atoms with E-state index in [1.807, 2.05) is 81.4 Å². The standard InChI is InChI=1S/C50H41N5O3/c1-50(2,3)58-49(56)55-35-21-20-34(30-44(35)57-4)48-42-28-26-40(53-42)46(32-16-10-6-11-17-32)38-24-22-36(51-38)45(31-14-8-5-9-15-31)37-23-25-39(52-37)47(33-18-12-7-13-19-33)41-27-29-43(48)54-41/h5-30,51,54H,1-4H3,(H,55,56). The number of carbonyl (C=O) groups excluding carboxylic acids is 1. The van der Waals surface area contributed by atoms with Gasteiger partial charge in [0.15, 0.2) is 0 Å². The summed E-state index contributed by atoms with van der Waals surface area (Å²) in [5, 5.41) is 2.85. The first-order valence-corrected chi connectivity index (χ1v) is 19.2. The number of hydrogen-bond acceptors (Lipinski definition) is 5. The normalized spacial score (nSPS) is 12.1. The molecule has 0 spiro atoms. The van der Waals surface area contributed by atoms with Crippen LogP contribution in [0.1, 0.15) is 43.5 Å². The Hall–Kier alpha value is -7.45. The van der Waals surface area contributed by atoms with Crippen LogP contribution in [0.3, 0.4) is 0 Å². The minimum atomic E-state index is -0.655. The molecule has 1 amide bonds. The molecule has 0 atom stereocenters. The van der Waals surface area contributed by atoms with Crippen molar-refractivity contribution in [3.8, 4) is 50.3 Å². The molecule has 0 aliphatic carbocycles. The van der Waals surface area contributed by atoms with E-state index in [1.165, 1.54) is 0 Å². The lowest BCUT2D eigenvalue weighted by Crippen LogP contribution is -2.27. The Morgan fingerprint density at radius 3 is 1.26 bits per heavy atom. The number of hydrogen-bond donors (Lipinski definition) is 3. The lowest BCUT2D eigenvalue weighted by Gasteiger charge is -2.20. The minimum absolute atomic E-state index is 0.479. The number of nitrogens with one attached hydrogen (secondary N) is 3. The summed E-state index contributed by atoms with van der Waals surface area (Å²) >= 11 is 0. The molecule has 8 heteroatoms. The summed E-state index contributed by atoms with van der Waals surface area (Å²) in [6.07, 6.45) is 7.77. The van der Waals surface area contributed by atoms with E-state index in [0.717, 1.165) is 89.4 Å². The molecule has 2 aliphatic rings. The molecule has 0 radical (unpaired) electrons. The van der Waals surface area contributed by atoms with Crippen molar-refractivity contribution >= 4 is 58.2 Å². The van der Waals surface area contributed by atoms with Gasteiger partial charge in [-0.15, -0.1) is 0 Å². The van der Waals surface area contributed by atoms with E-state index in [0.29, 0.717) is 11.4 Å². The summed E-state index contributed by atoms with van der Waals surface area (Å²) in [5.74, 6) is 0.479. The number of aromatic nitrogens is 4. The van der Waals surface area contributed by atoms with E-state index in [9.17, 15) is 4.79 Å². The molecule has 5 heterocycles. The van der Waals surface area contributed by atoms with E-state index < -0.39 is 11.7 Å². The van der Waals surface area contributed by atoms with Crippen LogP contribution in [0.15, 0.2) is 133 Å². The van der Waals surface area contributed by atoms with Crippen LogP contribution in [0.25, 0.3) is 90.9 Å². The molecule has 0 saturated carbocycles. The zero-order valence-corrected chi connectivity index (χ0v) is 32.6. The number of ether oxygens (including phenoxy) is 2. The smallest absolute Gasteiger partial charge is 0.412 e. The van der Waals surface area contributed by atoms with E-state index in [4.69, 9.17) is 19.4 Å². The van der Waals surface area contributed by atoms with Gasteiger partial charge in [0, 0.05) is 44.3 Å². The Morgan fingerprint density at radius 2 is 0.897 bits per heavy atom. The quantitative estimate of drug-likeness (QED) is 0.157. The molecule has 0 saturated heterocycles. The van der Waals surface area contributed by atoms with Crippen molar-refractivity contribution in [3.63, 3.8) is 0 Å². The molecule has 2 aliphatic heterocycles. The van der Waals surface area contributed by atoms with Gasteiger partial charge in [-0.1, -0.05) is 97.1 Å². The molecule has 8 nitrogen and oxygen atoms in total. The molecule has 3 N–H and O–H groups in total. The van der Waals surface area contributed by atoms with Crippen molar-refractivity contribution in [2.45, 2.75) is 26.4 Å². The Morgan fingerprint density at radius 1 is 0.517 bits per heavy atom. The molecule has 7 aromatic rings. The molecule has 0 fully saturated rings. The summed E-state index contributed by atoms with van der Waals surface area (Å²) < 4.78 is 11.4. The van der Waals surface area contributed by atoms with Crippen LogP contribution in [0.5, 0.6) is 5.75 Å². The van der Waals surface area contributed by atoms with Crippen molar-refractivity contribution in [1.29, 1.82) is 0 Å². The number of rotatable bonds is 6. The average molecular weight is 760 g/mol. The summed E-state index contributed by atoms with van der Waals surface area (Å²) in [6.45, 7) is 5.49. The predicted octanol–water partition coefficient (Wildman–Crippen LogP) is 12.7. The van der Waals surface area contributed by atoms with Gasteiger partial charge in [-0.2, -0.15) is 0 Å². The predicted molar refractivity (Wildman–Crippen MR) is 237 cm³/mol. The number of H-pyrrole nitrogens is 2. The third-order valence-corrected chi connectivity index (χ3v) is 10.1. The van der Waals surface area contributed by atoms with Crippen LogP contribution in [0.4, 0.5) is 10.5 Å². The molecule has 58 heavy (non-hydrogen) atoms. The molecule has 9 rings (SSSR count). The van der Waals surface area contributed by atoms with Gasteiger partial charge in [-0.25, -0.2) is 14.8 Å². The van der Waals surface area contributed by atoms with Gasteiger partial charge >= 0.3 is 6.09 Å². The number of amides is 1. The molecule has 4 aromatic carbocycles. The van der Waals surface area contributed by atoms with Crippen LogP contribution in [0.2, 0.25) is 0 Å². The highest BCUT2D eigenvalue weighted by Gasteiger charge is 2.21. The third kappa shape index (κ3) is 7.08. The highest BCUT2D eigenvalue weighted by atomic mass is 16.6. The first-order chi connectivity index (χ1) is 28.2. The second kappa shape index (κ2) is 14.9. The second-order valence-electron chi connectivity index (χ2n) is 15.1. The van der Waals surface area contributed by atoms with E-state index in [2.05, 4.69) is 112 Å². The van der Waals surface area contributed by atoms with Crippen LogP contribution in [-0.2, 0) is 4.74 Å². The molecular weight excluding hydrogens is 719 g/mol. The highest BCUT2D eigenvalue weighted by molar-refractivity contribution is 6.00. The van der Waals surface area contributed by atoms with Gasteiger partial charge in [0.25, 0.3) is 0 Å². The summed E-state index contributed by atoms with van der Waals surface area (Å²) in [5.41, 5.74) is 14.5. The van der Waals surface area contributed by atoms with Crippen LogP contribution in [0, 0.1) is 0 Å². The lowest BCUT2D eigenvalue weighted by atomic mass is 10.0. The molecule has 0 unspecified atom stereocenters. The number of fused-ring (bicyclic) bond motifs is 8. The van der Waals surface area contributed by atoms with Crippen molar-refractivity contribution < 1.29 is 14.3 Å². The number of nitrogens with zero attached hydrogens (tertiary/aromatic N) is 2.